The van der Waals surface area contributed by atoms with E-state index in [2.05, 4.69) is 56.6 Å². The molecule has 4 nitrogen and oxygen atoms in total. The number of hydrogen-bond acceptors (Lipinski definition) is 2. The molecule has 3 heterocycles. The topological polar surface area (TPSA) is 47.7 Å². The summed E-state index contributed by atoms with van der Waals surface area (Å²) in [5, 5.41) is 8.57. The number of benzene rings is 1. The van der Waals surface area contributed by atoms with Gasteiger partial charge in [-0.05, 0) is 37.1 Å². The highest BCUT2D eigenvalue weighted by Gasteiger charge is 2.22. The number of hydrogen-bond donors (Lipinski definition) is 2. The second kappa shape index (κ2) is 5.37. The summed E-state index contributed by atoms with van der Waals surface area (Å²) in [5.74, 6) is 0.589. The molecule has 2 aromatic heterocycles. The van der Waals surface area contributed by atoms with Crippen molar-refractivity contribution in [1.29, 1.82) is 0 Å². The van der Waals surface area contributed by atoms with E-state index in [9.17, 15) is 0 Å². The van der Waals surface area contributed by atoms with Gasteiger partial charge in [-0.15, -0.1) is 0 Å². The quantitative estimate of drug-likeness (QED) is 0.773. The van der Waals surface area contributed by atoms with Gasteiger partial charge in [0.2, 0.25) is 0 Å². The standard InChI is InChI=1S/C17H20N4/c1-2-6-17-15(5-1)14(10-18-17)12-21-9-3-4-13(11-21)16-7-8-19-20-16/h1-2,5-8,10,13,18H,3-4,9,11-12H2,(H,19,20)/t13-/m0/s1. The van der Waals surface area contributed by atoms with Crippen LogP contribution in [0.15, 0.2) is 42.7 Å². The molecule has 0 radical (unpaired) electrons. The van der Waals surface area contributed by atoms with Gasteiger partial charge in [-0.25, -0.2) is 0 Å². The van der Waals surface area contributed by atoms with E-state index in [1.54, 1.807) is 0 Å². The average molecular weight is 280 g/mol. The molecule has 1 aliphatic rings. The molecular weight excluding hydrogens is 260 g/mol. The maximum atomic E-state index is 4.09. The molecule has 108 valence electrons. The third-order valence-corrected chi connectivity index (χ3v) is 4.54. The zero-order valence-electron chi connectivity index (χ0n) is 12.0. The maximum absolute atomic E-state index is 4.09. The molecule has 1 aromatic carbocycles. The smallest absolute Gasteiger partial charge is 0.0490 e. The summed E-state index contributed by atoms with van der Waals surface area (Å²) >= 11 is 0. The fourth-order valence-corrected chi connectivity index (χ4v) is 3.45. The molecule has 0 spiro atoms. The molecular formula is C17H20N4. The molecule has 4 heteroatoms. The Hall–Kier alpha value is -2.07. The van der Waals surface area contributed by atoms with Crippen molar-refractivity contribution in [3.63, 3.8) is 0 Å². The molecule has 1 saturated heterocycles. The van der Waals surface area contributed by atoms with Crippen LogP contribution < -0.4 is 0 Å². The average Bonchev–Trinajstić information content (AvgIpc) is 3.18. The van der Waals surface area contributed by atoms with E-state index in [-0.39, 0.29) is 0 Å². The van der Waals surface area contributed by atoms with E-state index < -0.39 is 0 Å². The molecule has 1 fully saturated rings. The van der Waals surface area contributed by atoms with Gasteiger partial charge in [-0.2, -0.15) is 5.10 Å². The predicted octanol–water partition coefficient (Wildman–Crippen LogP) is 3.27. The Morgan fingerprint density at radius 3 is 3.10 bits per heavy atom. The van der Waals surface area contributed by atoms with Crippen molar-refractivity contribution in [3.8, 4) is 0 Å². The van der Waals surface area contributed by atoms with Gasteiger partial charge in [-0.3, -0.25) is 10.00 Å². The molecule has 21 heavy (non-hydrogen) atoms. The van der Waals surface area contributed by atoms with E-state index in [0.717, 1.165) is 13.1 Å². The van der Waals surface area contributed by atoms with Crippen molar-refractivity contribution in [2.45, 2.75) is 25.3 Å². The number of fused-ring (bicyclic) bond motifs is 1. The van der Waals surface area contributed by atoms with Crippen LogP contribution >= 0.6 is 0 Å². The highest BCUT2D eigenvalue weighted by Crippen LogP contribution is 2.27. The molecule has 0 aliphatic carbocycles. The summed E-state index contributed by atoms with van der Waals surface area (Å²) in [5.41, 5.74) is 3.91. The summed E-state index contributed by atoms with van der Waals surface area (Å²) in [4.78, 5) is 5.93. The van der Waals surface area contributed by atoms with E-state index in [1.165, 1.54) is 41.5 Å². The summed E-state index contributed by atoms with van der Waals surface area (Å²) in [6.07, 6.45) is 6.52. The SMILES string of the molecule is c1ccc2c(CN3CCC[C@H](c4ccn[nH]4)C3)c[nH]c2c1. The number of aromatic nitrogens is 3. The monoisotopic (exact) mass is 280 g/mol. The lowest BCUT2D eigenvalue weighted by molar-refractivity contribution is 0.199. The largest absolute Gasteiger partial charge is 0.361 e. The van der Waals surface area contributed by atoms with Gasteiger partial charge in [-0.1, -0.05) is 18.2 Å². The second-order valence-electron chi connectivity index (χ2n) is 5.95. The minimum absolute atomic E-state index is 0.589. The lowest BCUT2D eigenvalue weighted by Crippen LogP contribution is -2.33. The number of piperidine rings is 1. The first-order chi connectivity index (χ1) is 10.4. The Balaban J connectivity index is 1.51. The van der Waals surface area contributed by atoms with E-state index in [4.69, 9.17) is 0 Å². The highest BCUT2D eigenvalue weighted by molar-refractivity contribution is 5.82. The van der Waals surface area contributed by atoms with E-state index in [0.29, 0.717) is 5.92 Å². The Morgan fingerprint density at radius 2 is 2.19 bits per heavy atom. The fraction of sp³-hybridized carbons (Fsp3) is 0.353. The number of aromatic amines is 2. The number of para-hydroxylation sites is 1. The third kappa shape index (κ3) is 2.47. The van der Waals surface area contributed by atoms with Gasteiger partial charge >= 0.3 is 0 Å². The van der Waals surface area contributed by atoms with Gasteiger partial charge < -0.3 is 4.98 Å². The summed E-state index contributed by atoms with van der Waals surface area (Å²) < 4.78 is 0. The van der Waals surface area contributed by atoms with E-state index >= 15 is 0 Å². The molecule has 0 unspecified atom stereocenters. The van der Waals surface area contributed by atoms with Gasteiger partial charge in [0.05, 0.1) is 0 Å². The molecule has 1 atom stereocenters. The normalized spacial score (nSPS) is 20.1. The Bertz CT molecular complexity index is 713. The first-order valence-corrected chi connectivity index (χ1v) is 7.67. The molecule has 0 amide bonds. The lowest BCUT2D eigenvalue weighted by Gasteiger charge is -2.32. The Labute approximate surface area is 124 Å². The third-order valence-electron chi connectivity index (χ3n) is 4.54. The van der Waals surface area contributed by atoms with Crippen LogP contribution in [0.5, 0.6) is 0 Å². The van der Waals surface area contributed by atoms with Gasteiger partial charge in [0.25, 0.3) is 0 Å². The van der Waals surface area contributed by atoms with Crippen LogP contribution in [-0.4, -0.2) is 33.2 Å². The maximum Gasteiger partial charge on any atom is 0.0490 e. The highest BCUT2D eigenvalue weighted by atomic mass is 15.1. The van der Waals surface area contributed by atoms with Gasteiger partial charge in [0.15, 0.2) is 0 Å². The summed E-state index contributed by atoms with van der Waals surface area (Å²) in [6, 6.07) is 10.7. The molecule has 0 bridgehead atoms. The van der Waals surface area contributed by atoms with E-state index in [1.807, 2.05) is 6.20 Å². The van der Waals surface area contributed by atoms with Crippen LogP contribution in [-0.2, 0) is 6.54 Å². The molecule has 4 rings (SSSR count). The summed E-state index contributed by atoms with van der Waals surface area (Å²) in [7, 11) is 0. The molecule has 2 N–H and O–H groups in total. The van der Waals surface area contributed by atoms with Crippen LogP contribution in [0.3, 0.4) is 0 Å². The van der Waals surface area contributed by atoms with Crippen molar-refractivity contribution in [2.24, 2.45) is 0 Å². The minimum atomic E-state index is 0.589. The first kappa shape index (κ1) is 12.7. The van der Waals surface area contributed by atoms with Crippen molar-refractivity contribution in [2.75, 3.05) is 13.1 Å². The van der Waals surface area contributed by atoms with Crippen LogP contribution in [0.4, 0.5) is 0 Å². The Morgan fingerprint density at radius 1 is 1.24 bits per heavy atom. The van der Waals surface area contributed by atoms with Gasteiger partial charge in [0.1, 0.15) is 0 Å². The van der Waals surface area contributed by atoms with Crippen molar-refractivity contribution < 1.29 is 0 Å². The van der Waals surface area contributed by atoms with Crippen molar-refractivity contribution in [1.82, 2.24) is 20.1 Å². The minimum Gasteiger partial charge on any atom is -0.361 e. The zero-order valence-corrected chi connectivity index (χ0v) is 12.0. The second-order valence-corrected chi connectivity index (χ2v) is 5.95. The number of rotatable bonds is 3. The van der Waals surface area contributed by atoms with Crippen molar-refractivity contribution in [3.05, 3.63) is 54.0 Å². The molecule has 0 saturated carbocycles. The number of H-pyrrole nitrogens is 2. The number of likely N-dealkylation sites (tertiary alicyclic amines) is 1. The van der Waals surface area contributed by atoms with Crippen LogP contribution in [0.2, 0.25) is 0 Å². The fourth-order valence-electron chi connectivity index (χ4n) is 3.45. The number of nitrogens with one attached hydrogen (secondary N) is 2. The van der Waals surface area contributed by atoms with Crippen LogP contribution in [0.25, 0.3) is 10.9 Å². The van der Waals surface area contributed by atoms with Crippen LogP contribution in [0.1, 0.15) is 30.0 Å². The molecule has 1 aliphatic heterocycles. The van der Waals surface area contributed by atoms with Crippen molar-refractivity contribution >= 4 is 10.9 Å². The van der Waals surface area contributed by atoms with Gasteiger partial charge in [0, 0.05) is 48.0 Å². The summed E-state index contributed by atoms with van der Waals surface area (Å²) in [6.45, 7) is 3.32. The molecule has 3 aromatic rings. The first-order valence-electron chi connectivity index (χ1n) is 7.67. The predicted molar refractivity (Wildman–Crippen MR) is 84.1 cm³/mol. The number of nitrogens with zero attached hydrogens (tertiary/aromatic N) is 2. The lowest BCUT2D eigenvalue weighted by atomic mass is 9.94. The zero-order chi connectivity index (χ0) is 14.1. The van der Waals surface area contributed by atoms with Crippen LogP contribution in [0, 0.1) is 0 Å². The Kier molecular flexibility index (Phi) is 3.24.